The molecule has 4 nitrogen and oxygen atoms in total. The molecule has 0 saturated carbocycles. The second-order valence-corrected chi connectivity index (χ2v) is 6.10. The summed E-state index contributed by atoms with van der Waals surface area (Å²) in [6.07, 6.45) is 2.08. The van der Waals surface area contributed by atoms with Gasteiger partial charge in [0.25, 0.3) is 0 Å². The number of hydrogen-bond donors (Lipinski definition) is 1. The summed E-state index contributed by atoms with van der Waals surface area (Å²) in [5.74, 6) is 1.12. The van der Waals surface area contributed by atoms with Crippen molar-refractivity contribution in [3.05, 3.63) is 53.3 Å². The molecule has 0 aliphatic heterocycles. The Bertz CT molecular complexity index is 851. The summed E-state index contributed by atoms with van der Waals surface area (Å²) >= 11 is 0. The molecule has 1 unspecified atom stereocenters. The molecule has 0 aliphatic carbocycles. The van der Waals surface area contributed by atoms with Gasteiger partial charge >= 0.3 is 0 Å². The maximum atomic E-state index is 5.95. The van der Waals surface area contributed by atoms with E-state index in [-0.39, 0.29) is 5.92 Å². The van der Waals surface area contributed by atoms with Crippen LogP contribution in [-0.2, 0) is 0 Å². The molecule has 4 heteroatoms. The Balaban J connectivity index is 2.25. The second kappa shape index (κ2) is 6.05. The largest absolute Gasteiger partial charge is 0.496 e. The van der Waals surface area contributed by atoms with Crippen molar-refractivity contribution in [1.82, 2.24) is 9.38 Å². The summed E-state index contributed by atoms with van der Waals surface area (Å²) in [6, 6.07) is 10.4. The second-order valence-electron chi connectivity index (χ2n) is 6.10. The van der Waals surface area contributed by atoms with E-state index < -0.39 is 0 Å². The summed E-state index contributed by atoms with van der Waals surface area (Å²) in [5, 5.41) is 0. The van der Waals surface area contributed by atoms with Crippen molar-refractivity contribution >= 4 is 5.65 Å². The van der Waals surface area contributed by atoms with Crippen molar-refractivity contribution in [3.8, 4) is 17.0 Å². The Morgan fingerprint density at radius 2 is 2.00 bits per heavy atom. The van der Waals surface area contributed by atoms with E-state index in [1.54, 1.807) is 7.11 Å². The van der Waals surface area contributed by atoms with Crippen LogP contribution in [0.25, 0.3) is 16.9 Å². The molecule has 0 radical (unpaired) electrons. The van der Waals surface area contributed by atoms with Gasteiger partial charge in [0, 0.05) is 24.2 Å². The van der Waals surface area contributed by atoms with Crippen LogP contribution in [0.1, 0.15) is 29.7 Å². The van der Waals surface area contributed by atoms with Crippen molar-refractivity contribution in [2.24, 2.45) is 5.73 Å². The third-order valence-corrected chi connectivity index (χ3v) is 4.31. The molecule has 2 N–H and O–H groups in total. The fourth-order valence-corrected chi connectivity index (χ4v) is 2.99. The van der Waals surface area contributed by atoms with Gasteiger partial charge in [0.2, 0.25) is 0 Å². The lowest BCUT2D eigenvalue weighted by molar-refractivity contribution is 0.412. The SMILES string of the molecule is COc1ccc(-c2nc3cc(C)ccn3c2C(C)CN)cc1C. The molecule has 0 aliphatic rings. The minimum Gasteiger partial charge on any atom is -0.496 e. The average Bonchev–Trinajstić information content (AvgIpc) is 2.92. The minimum absolute atomic E-state index is 0.227. The molecule has 2 aromatic heterocycles. The number of fused-ring (bicyclic) bond motifs is 1. The van der Waals surface area contributed by atoms with E-state index in [2.05, 4.69) is 48.7 Å². The maximum absolute atomic E-state index is 5.95. The first-order valence-corrected chi connectivity index (χ1v) is 7.88. The van der Waals surface area contributed by atoms with Crippen LogP contribution in [0.5, 0.6) is 5.75 Å². The van der Waals surface area contributed by atoms with Gasteiger partial charge in [0.15, 0.2) is 0 Å². The number of ether oxygens (including phenoxy) is 1. The van der Waals surface area contributed by atoms with Crippen LogP contribution in [0.4, 0.5) is 0 Å². The lowest BCUT2D eigenvalue weighted by Crippen LogP contribution is -2.12. The van der Waals surface area contributed by atoms with E-state index in [0.717, 1.165) is 33.9 Å². The number of aryl methyl sites for hydroxylation is 2. The average molecular weight is 309 g/mol. The molecule has 0 amide bonds. The highest BCUT2D eigenvalue weighted by atomic mass is 16.5. The van der Waals surface area contributed by atoms with Gasteiger partial charge in [-0.25, -0.2) is 4.98 Å². The first kappa shape index (κ1) is 15.6. The van der Waals surface area contributed by atoms with Crippen LogP contribution < -0.4 is 10.5 Å². The highest BCUT2D eigenvalue weighted by Gasteiger charge is 2.19. The van der Waals surface area contributed by atoms with Crippen LogP contribution in [0.3, 0.4) is 0 Å². The molecular formula is C19H23N3O. The summed E-state index contributed by atoms with van der Waals surface area (Å²) in [7, 11) is 1.69. The zero-order valence-corrected chi connectivity index (χ0v) is 14.1. The molecule has 3 aromatic rings. The first-order chi connectivity index (χ1) is 11.0. The summed E-state index contributed by atoms with van der Waals surface area (Å²) in [6.45, 7) is 6.86. The van der Waals surface area contributed by atoms with Crippen molar-refractivity contribution < 1.29 is 4.74 Å². The standard InChI is InChI=1S/C19H23N3O/c1-12-7-8-22-17(9-12)21-18(19(22)14(3)11-20)15-5-6-16(23-4)13(2)10-15/h5-10,14H,11,20H2,1-4H3. The van der Waals surface area contributed by atoms with E-state index in [1.807, 2.05) is 13.0 Å². The molecule has 0 saturated heterocycles. The smallest absolute Gasteiger partial charge is 0.137 e. The number of benzene rings is 1. The third kappa shape index (κ3) is 2.70. The fraction of sp³-hybridized carbons (Fsp3) is 0.316. The van der Waals surface area contributed by atoms with Crippen LogP contribution >= 0.6 is 0 Å². The Morgan fingerprint density at radius 1 is 1.22 bits per heavy atom. The Hall–Kier alpha value is -2.33. The van der Waals surface area contributed by atoms with Crippen LogP contribution in [0.2, 0.25) is 0 Å². The minimum atomic E-state index is 0.227. The number of hydrogen-bond acceptors (Lipinski definition) is 3. The number of nitrogens with two attached hydrogens (primary N) is 1. The topological polar surface area (TPSA) is 52.5 Å². The summed E-state index contributed by atoms with van der Waals surface area (Å²) in [4.78, 5) is 4.88. The van der Waals surface area contributed by atoms with Crippen molar-refractivity contribution in [2.45, 2.75) is 26.7 Å². The number of nitrogens with zero attached hydrogens (tertiary/aromatic N) is 2. The van der Waals surface area contributed by atoms with E-state index in [9.17, 15) is 0 Å². The van der Waals surface area contributed by atoms with E-state index >= 15 is 0 Å². The molecular weight excluding hydrogens is 286 g/mol. The summed E-state index contributed by atoms with van der Waals surface area (Å²) in [5.41, 5.74) is 12.5. The van der Waals surface area contributed by atoms with Gasteiger partial charge in [-0.15, -0.1) is 0 Å². The Kier molecular flexibility index (Phi) is 4.09. The van der Waals surface area contributed by atoms with Crippen LogP contribution in [0.15, 0.2) is 36.5 Å². The van der Waals surface area contributed by atoms with Crippen molar-refractivity contribution in [1.29, 1.82) is 0 Å². The highest BCUT2D eigenvalue weighted by molar-refractivity contribution is 5.69. The van der Waals surface area contributed by atoms with Gasteiger partial charge in [-0.1, -0.05) is 6.92 Å². The number of imidazole rings is 1. The van der Waals surface area contributed by atoms with E-state index in [0.29, 0.717) is 6.54 Å². The molecule has 0 fully saturated rings. The quantitative estimate of drug-likeness (QED) is 0.799. The zero-order chi connectivity index (χ0) is 16.6. The lowest BCUT2D eigenvalue weighted by atomic mass is 10.00. The number of pyridine rings is 1. The number of methoxy groups -OCH3 is 1. The van der Waals surface area contributed by atoms with Gasteiger partial charge < -0.3 is 14.9 Å². The van der Waals surface area contributed by atoms with E-state index in [1.165, 1.54) is 5.56 Å². The fourth-order valence-electron chi connectivity index (χ4n) is 2.99. The molecule has 0 bridgehead atoms. The van der Waals surface area contributed by atoms with Gasteiger partial charge in [0.05, 0.1) is 18.5 Å². The predicted molar refractivity (Wildman–Crippen MR) is 94.1 cm³/mol. The Morgan fingerprint density at radius 3 is 2.65 bits per heavy atom. The molecule has 1 atom stereocenters. The molecule has 3 rings (SSSR count). The zero-order valence-electron chi connectivity index (χ0n) is 14.1. The van der Waals surface area contributed by atoms with E-state index in [4.69, 9.17) is 15.5 Å². The molecule has 23 heavy (non-hydrogen) atoms. The third-order valence-electron chi connectivity index (χ3n) is 4.31. The highest BCUT2D eigenvalue weighted by Crippen LogP contribution is 2.32. The van der Waals surface area contributed by atoms with Gasteiger partial charge in [-0.05, 0) is 55.3 Å². The van der Waals surface area contributed by atoms with Crippen molar-refractivity contribution in [3.63, 3.8) is 0 Å². The maximum Gasteiger partial charge on any atom is 0.137 e. The summed E-state index contributed by atoms with van der Waals surface area (Å²) < 4.78 is 7.52. The van der Waals surface area contributed by atoms with Crippen molar-refractivity contribution in [2.75, 3.05) is 13.7 Å². The van der Waals surface area contributed by atoms with Gasteiger partial charge in [0.1, 0.15) is 11.4 Å². The van der Waals surface area contributed by atoms with Crippen LogP contribution in [0, 0.1) is 13.8 Å². The lowest BCUT2D eigenvalue weighted by Gasteiger charge is -2.12. The first-order valence-electron chi connectivity index (χ1n) is 7.88. The molecule has 2 heterocycles. The Labute approximate surface area is 136 Å². The predicted octanol–water partition coefficient (Wildman–Crippen LogP) is 3.69. The monoisotopic (exact) mass is 309 g/mol. The molecule has 1 aromatic carbocycles. The number of aromatic nitrogens is 2. The molecule has 0 spiro atoms. The normalized spacial score (nSPS) is 12.6. The molecule has 120 valence electrons. The van der Waals surface area contributed by atoms with Gasteiger partial charge in [-0.2, -0.15) is 0 Å². The van der Waals surface area contributed by atoms with Crippen LogP contribution in [-0.4, -0.2) is 23.0 Å². The van der Waals surface area contributed by atoms with Gasteiger partial charge in [-0.3, -0.25) is 0 Å². The number of rotatable bonds is 4.